The van der Waals surface area contributed by atoms with Crippen molar-refractivity contribution in [1.82, 2.24) is 0 Å². The molecule has 1 fully saturated rings. The molecule has 4 atom stereocenters. The number of carbonyl (C=O) groups is 1. The second kappa shape index (κ2) is 14.2. The molecule has 0 aromatic heterocycles. The molecule has 0 radical (unpaired) electrons. The normalized spacial score (nSPS) is 28.5. The maximum absolute atomic E-state index is 11.6. The van der Waals surface area contributed by atoms with Crippen molar-refractivity contribution in [2.24, 2.45) is 11.3 Å². The third-order valence-electron chi connectivity index (χ3n) is 7.88. The molecule has 0 aromatic carbocycles. The van der Waals surface area contributed by atoms with Gasteiger partial charge in [0.25, 0.3) is 0 Å². The highest BCUT2D eigenvalue weighted by Crippen LogP contribution is 2.55. The standard InChI is InChI=1S/C30H50O4/c1-22(2)19-26(33)20-24(4)12-8-11-23(3)13-9-16-29(6)28(14-10-18-31)27(25(5)21-32)15-17-30(29,7)34/h12-13,19,21,26,28,31,33-34H,8-11,14-18,20H2,1-7H3/b23-13+,24-12-,27-25+/t26-,28+,29+,30+/m0/s1. The molecule has 34 heavy (non-hydrogen) atoms. The van der Waals surface area contributed by atoms with Crippen molar-refractivity contribution in [3.63, 3.8) is 0 Å². The van der Waals surface area contributed by atoms with Gasteiger partial charge < -0.3 is 15.3 Å². The lowest BCUT2D eigenvalue weighted by Crippen LogP contribution is -2.52. The Bertz CT molecular complexity index is 780. The van der Waals surface area contributed by atoms with Crippen LogP contribution in [-0.4, -0.2) is 39.9 Å². The zero-order chi connectivity index (χ0) is 25.9. The quantitative estimate of drug-likeness (QED) is 0.159. The van der Waals surface area contributed by atoms with E-state index in [1.165, 1.54) is 11.1 Å². The van der Waals surface area contributed by atoms with Gasteiger partial charge in [-0.25, -0.2) is 0 Å². The van der Waals surface area contributed by atoms with Crippen LogP contribution < -0.4 is 0 Å². The van der Waals surface area contributed by atoms with Crippen LogP contribution in [0.2, 0.25) is 0 Å². The maximum Gasteiger partial charge on any atom is 0.145 e. The molecule has 1 saturated carbocycles. The number of aliphatic hydroxyl groups is 3. The third kappa shape index (κ3) is 8.94. The summed E-state index contributed by atoms with van der Waals surface area (Å²) in [6.45, 7) is 14.4. The van der Waals surface area contributed by atoms with E-state index in [-0.39, 0.29) is 17.9 Å². The summed E-state index contributed by atoms with van der Waals surface area (Å²) in [4.78, 5) is 11.6. The molecular formula is C30H50O4. The van der Waals surface area contributed by atoms with Gasteiger partial charge in [-0.1, -0.05) is 47.4 Å². The van der Waals surface area contributed by atoms with Crippen LogP contribution >= 0.6 is 0 Å². The van der Waals surface area contributed by atoms with Gasteiger partial charge in [0.2, 0.25) is 0 Å². The van der Waals surface area contributed by atoms with Crippen LogP contribution in [0.1, 0.15) is 106 Å². The Labute approximate surface area is 208 Å². The Hall–Kier alpha value is -1.49. The number of carbonyl (C=O) groups excluding carboxylic acids is 1. The highest BCUT2D eigenvalue weighted by molar-refractivity contribution is 5.74. The minimum atomic E-state index is -0.812. The molecule has 0 aromatic rings. The monoisotopic (exact) mass is 474 g/mol. The van der Waals surface area contributed by atoms with Gasteiger partial charge in [-0.15, -0.1) is 0 Å². The summed E-state index contributed by atoms with van der Waals surface area (Å²) < 4.78 is 0. The van der Waals surface area contributed by atoms with Crippen LogP contribution in [0.5, 0.6) is 0 Å². The largest absolute Gasteiger partial charge is 0.396 e. The number of allylic oxidation sites excluding steroid dienone is 6. The molecule has 194 valence electrons. The van der Waals surface area contributed by atoms with E-state index in [4.69, 9.17) is 0 Å². The Kier molecular flexibility index (Phi) is 12.7. The Morgan fingerprint density at radius 3 is 2.32 bits per heavy atom. The highest BCUT2D eigenvalue weighted by atomic mass is 16.3. The predicted molar refractivity (Wildman–Crippen MR) is 143 cm³/mol. The van der Waals surface area contributed by atoms with Crippen LogP contribution in [0.25, 0.3) is 0 Å². The Morgan fingerprint density at radius 1 is 1.09 bits per heavy atom. The maximum atomic E-state index is 11.6. The first-order valence-corrected chi connectivity index (χ1v) is 13.0. The fraction of sp³-hybridized carbons (Fsp3) is 0.700. The fourth-order valence-corrected chi connectivity index (χ4v) is 5.50. The van der Waals surface area contributed by atoms with Crippen molar-refractivity contribution in [3.8, 4) is 0 Å². The van der Waals surface area contributed by atoms with E-state index in [1.54, 1.807) is 0 Å². The summed E-state index contributed by atoms with van der Waals surface area (Å²) in [7, 11) is 0. The zero-order valence-electron chi connectivity index (χ0n) is 22.8. The zero-order valence-corrected chi connectivity index (χ0v) is 22.8. The first-order valence-electron chi connectivity index (χ1n) is 13.0. The van der Waals surface area contributed by atoms with E-state index in [9.17, 15) is 20.1 Å². The van der Waals surface area contributed by atoms with Gasteiger partial charge in [0.05, 0.1) is 11.7 Å². The molecular weight excluding hydrogens is 424 g/mol. The van der Waals surface area contributed by atoms with Crippen LogP contribution in [0.15, 0.2) is 46.1 Å². The number of aldehydes is 1. The number of hydrogen-bond donors (Lipinski definition) is 3. The van der Waals surface area contributed by atoms with E-state index in [1.807, 2.05) is 33.8 Å². The lowest BCUT2D eigenvalue weighted by atomic mass is 9.54. The number of aliphatic hydroxyl groups excluding tert-OH is 2. The summed E-state index contributed by atoms with van der Waals surface area (Å²) in [6.07, 6.45) is 14.1. The Balaban J connectivity index is 2.85. The van der Waals surface area contributed by atoms with Gasteiger partial charge in [-0.3, -0.25) is 4.79 Å². The van der Waals surface area contributed by atoms with Crippen molar-refractivity contribution in [1.29, 1.82) is 0 Å². The first kappa shape index (κ1) is 30.5. The molecule has 0 heterocycles. The predicted octanol–water partition coefficient (Wildman–Crippen LogP) is 6.61. The van der Waals surface area contributed by atoms with Crippen molar-refractivity contribution >= 4 is 6.29 Å². The van der Waals surface area contributed by atoms with E-state index in [0.717, 1.165) is 61.5 Å². The topological polar surface area (TPSA) is 77.8 Å². The van der Waals surface area contributed by atoms with Gasteiger partial charge in [0, 0.05) is 12.0 Å². The van der Waals surface area contributed by atoms with Crippen molar-refractivity contribution in [2.75, 3.05) is 6.61 Å². The molecule has 1 aliphatic carbocycles. The van der Waals surface area contributed by atoms with Crippen LogP contribution in [-0.2, 0) is 4.79 Å². The highest BCUT2D eigenvalue weighted by Gasteiger charge is 2.51. The van der Waals surface area contributed by atoms with E-state index in [0.29, 0.717) is 19.3 Å². The summed E-state index contributed by atoms with van der Waals surface area (Å²) in [6, 6.07) is 0. The SMILES string of the molecule is CC(C)=C[C@H](O)C/C(C)=C\CC/C(C)=C/CC[C@]1(C)[C@H](CCCO)/C(=C(\C)C=O)CC[C@@]1(C)O. The molecule has 0 unspecified atom stereocenters. The van der Waals surface area contributed by atoms with Gasteiger partial charge in [0.1, 0.15) is 6.29 Å². The minimum absolute atomic E-state index is 0.0973. The van der Waals surface area contributed by atoms with Gasteiger partial charge in [-0.05, 0) is 111 Å². The van der Waals surface area contributed by atoms with Crippen LogP contribution in [0.4, 0.5) is 0 Å². The number of rotatable bonds is 13. The summed E-state index contributed by atoms with van der Waals surface area (Å²) >= 11 is 0. The lowest BCUT2D eigenvalue weighted by Gasteiger charge is -2.53. The van der Waals surface area contributed by atoms with Crippen LogP contribution in [0.3, 0.4) is 0 Å². The lowest BCUT2D eigenvalue weighted by molar-refractivity contribution is -0.115. The van der Waals surface area contributed by atoms with Crippen molar-refractivity contribution in [2.45, 2.75) is 118 Å². The van der Waals surface area contributed by atoms with E-state index >= 15 is 0 Å². The average Bonchev–Trinajstić information content (AvgIpc) is 2.73. The molecule has 3 N–H and O–H groups in total. The van der Waals surface area contributed by atoms with Crippen molar-refractivity contribution in [3.05, 3.63) is 46.1 Å². The molecule has 0 amide bonds. The van der Waals surface area contributed by atoms with Gasteiger partial charge >= 0.3 is 0 Å². The van der Waals surface area contributed by atoms with Crippen LogP contribution in [0, 0.1) is 11.3 Å². The Morgan fingerprint density at radius 2 is 1.74 bits per heavy atom. The third-order valence-corrected chi connectivity index (χ3v) is 7.88. The smallest absolute Gasteiger partial charge is 0.145 e. The van der Waals surface area contributed by atoms with Crippen molar-refractivity contribution < 1.29 is 20.1 Å². The molecule has 1 aliphatic rings. The average molecular weight is 475 g/mol. The van der Waals surface area contributed by atoms with Gasteiger partial charge in [0.15, 0.2) is 0 Å². The summed E-state index contributed by atoms with van der Waals surface area (Å²) in [5.41, 5.74) is 4.46. The first-order chi connectivity index (χ1) is 15.9. The summed E-state index contributed by atoms with van der Waals surface area (Å²) in [5, 5.41) is 30.9. The minimum Gasteiger partial charge on any atom is -0.396 e. The number of hydrogen-bond acceptors (Lipinski definition) is 4. The molecule has 0 spiro atoms. The summed E-state index contributed by atoms with van der Waals surface area (Å²) in [5.74, 6) is 0.0973. The molecule has 0 bridgehead atoms. The van der Waals surface area contributed by atoms with Gasteiger partial charge in [-0.2, -0.15) is 0 Å². The molecule has 4 nitrogen and oxygen atoms in total. The van der Waals surface area contributed by atoms with E-state index in [2.05, 4.69) is 32.9 Å². The molecule has 0 saturated heterocycles. The fourth-order valence-electron chi connectivity index (χ4n) is 5.50. The second-order valence-electron chi connectivity index (χ2n) is 11.1. The molecule has 1 rings (SSSR count). The molecule has 0 aliphatic heterocycles. The molecule has 4 heteroatoms. The second-order valence-corrected chi connectivity index (χ2v) is 11.1. The van der Waals surface area contributed by atoms with E-state index < -0.39 is 11.7 Å².